The van der Waals surface area contributed by atoms with Gasteiger partial charge in [-0.25, -0.2) is 0 Å². The van der Waals surface area contributed by atoms with Gasteiger partial charge >= 0.3 is 0 Å². The van der Waals surface area contributed by atoms with Crippen LogP contribution in [-0.4, -0.2) is 60.7 Å². The van der Waals surface area contributed by atoms with Crippen molar-refractivity contribution in [2.75, 3.05) is 39.5 Å². The van der Waals surface area contributed by atoms with Crippen molar-refractivity contribution in [3.8, 4) is 0 Å². The average Bonchev–Trinajstić information content (AvgIpc) is 2.21. The molecule has 14 heavy (non-hydrogen) atoms. The molecule has 0 fully saturated rings. The van der Waals surface area contributed by atoms with E-state index in [-0.39, 0.29) is 6.61 Å². The number of hydrogen-bond acceptors (Lipinski definition) is 4. The first-order valence-electron chi connectivity index (χ1n) is 5.33. The Bertz CT molecular complexity index is 118. The Morgan fingerprint density at radius 1 is 1.29 bits per heavy atom. The van der Waals surface area contributed by atoms with Gasteiger partial charge in [0.15, 0.2) is 0 Å². The molecule has 86 valence electrons. The molecule has 0 aliphatic heterocycles. The summed E-state index contributed by atoms with van der Waals surface area (Å²) >= 11 is 0. The summed E-state index contributed by atoms with van der Waals surface area (Å²) in [5.41, 5.74) is 0. The van der Waals surface area contributed by atoms with E-state index in [0.29, 0.717) is 26.2 Å². The second kappa shape index (κ2) is 9.40. The maximum Gasteiger partial charge on any atom is 0.0900 e. The molecule has 0 spiro atoms. The molecule has 0 aromatic rings. The van der Waals surface area contributed by atoms with Crippen LogP contribution in [-0.2, 0) is 4.74 Å². The minimum absolute atomic E-state index is 0.145. The first kappa shape index (κ1) is 13.8. The molecule has 0 bridgehead atoms. The van der Waals surface area contributed by atoms with Gasteiger partial charge in [-0.15, -0.1) is 0 Å². The maximum absolute atomic E-state index is 9.55. The van der Waals surface area contributed by atoms with Gasteiger partial charge in [0.1, 0.15) is 0 Å². The molecular formula is C10H23NO3. The lowest BCUT2D eigenvalue weighted by atomic mass is 10.3. The SMILES string of the molecule is CCN(CC)CC(O)COCCCO. The summed E-state index contributed by atoms with van der Waals surface area (Å²) in [7, 11) is 0. The predicted octanol–water partition coefficient (Wildman–Crippen LogP) is 0.0881. The van der Waals surface area contributed by atoms with Crippen LogP contribution in [0, 0.1) is 0 Å². The maximum atomic E-state index is 9.55. The number of rotatable bonds is 9. The van der Waals surface area contributed by atoms with Crippen molar-refractivity contribution in [3.05, 3.63) is 0 Å². The quantitative estimate of drug-likeness (QED) is 0.524. The lowest BCUT2D eigenvalue weighted by molar-refractivity contribution is 0.0143. The highest BCUT2D eigenvalue weighted by Crippen LogP contribution is 1.93. The van der Waals surface area contributed by atoms with Crippen LogP contribution in [0.5, 0.6) is 0 Å². The summed E-state index contributed by atoms with van der Waals surface area (Å²) in [6.07, 6.45) is 0.214. The summed E-state index contributed by atoms with van der Waals surface area (Å²) in [5.74, 6) is 0. The van der Waals surface area contributed by atoms with Crippen LogP contribution in [0.4, 0.5) is 0 Å². The first-order valence-corrected chi connectivity index (χ1v) is 5.33. The van der Waals surface area contributed by atoms with E-state index < -0.39 is 6.10 Å². The fourth-order valence-corrected chi connectivity index (χ4v) is 1.22. The van der Waals surface area contributed by atoms with E-state index >= 15 is 0 Å². The monoisotopic (exact) mass is 205 g/mol. The summed E-state index contributed by atoms with van der Waals surface area (Å²) in [6.45, 7) is 7.72. The van der Waals surface area contributed by atoms with Crippen LogP contribution in [0.3, 0.4) is 0 Å². The normalized spacial score (nSPS) is 13.5. The molecule has 0 saturated heterocycles. The number of ether oxygens (including phenoxy) is 1. The van der Waals surface area contributed by atoms with Crippen LogP contribution in [0.25, 0.3) is 0 Å². The summed E-state index contributed by atoms with van der Waals surface area (Å²) in [5, 5.41) is 18.1. The van der Waals surface area contributed by atoms with Gasteiger partial charge in [-0.2, -0.15) is 0 Å². The average molecular weight is 205 g/mol. The zero-order chi connectivity index (χ0) is 10.8. The lowest BCUT2D eigenvalue weighted by Gasteiger charge is -2.21. The Balaban J connectivity index is 3.38. The highest BCUT2D eigenvalue weighted by molar-refractivity contribution is 4.61. The number of aliphatic hydroxyl groups excluding tert-OH is 2. The largest absolute Gasteiger partial charge is 0.396 e. The highest BCUT2D eigenvalue weighted by atomic mass is 16.5. The molecule has 1 unspecified atom stereocenters. The molecule has 4 heteroatoms. The van der Waals surface area contributed by atoms with E-state index in [9.17, 15) is 5.11 Å². The molecule has 2 N–H and O–H groups in total. The molecule has 0 aliphatic carbocycles. The smallest absolute Gasteiger partial charge is 0.0900 e. The van der Waals surface area contributed by atoms with Gasteiger partial charge in [-0.1, -0.05) is 13.8 Å². The van der Waals surface area contributed by atoms with Crippen LogP contribution < -0.4 is 0 Å². The molecule has 0 aliphatic rings. The summed E-state index contributed by atoms with van der Waals surface area (Å²) in [4.78, 5) is 2.15. The van der Waals surface area contributed by atoms with Gasteiger partial charge in [-0.3, -0.25) is 0 Å². The third-order valence-electron chi connectivity index (χ3n) is 2.12. The molecule has 0 aromatic heterocycles. The van der Waals surface area contributed by atoms with E-state index in [1.54, 1.807) is 0 Å². The van der Waals surface area contributed by atoms with E-state index in [2.05, 4.69) is 18.7 Å². The van der Waals surface area contributed by atoms with Gasteiger partial charge in [0.05, 0.1) is 12.7 Å². The lowest BCUT2D eigenvalue weighted by Crippen LogP contribution is -2.34. The van der Waals surface area contributed by atoms with Crippen molar-refractivity contribution in [3.63, 3.8) is 0 Å². The number of likely N-dealkylation sites (N-methyl/N-ethyl adjacent to an activating group) is 1. The van der Waals surface area contributed by atoms with Crippen molar-refractivity contribution in [1.29, 1.82) is 0 Å². The molecule has 4 nitrogen and oxygen atoms in total. The standard InChI is InChI=1S/C10H23NO3/c1-3-11(4-2)8-10(13)9-14-7-5-6-12/h10,12-13H,3-9H2,1-2H3. The number of aliphatic hydroxyl groups is 2. The molecule has 1 atom stereocenters. The van der Waals surface area contributed by atoms with Crippen molar-refractivity contribution in [2.45, 2.75) is 26.4 Å². The Labute approximate surface area is 86.5 Å². The number of hydrogen-bond donors (Lipinski definition) is 2. The minimum Gasteiger partial charge on any atom is -0.396 e. The Kier molecular flexibility index (Phi) is 9.29. The van der Waals surface area contributed by atoms with Gasteiger partial charge < -0.3 is 19.8 Å². The molecule has 0 saturated carbocycles. The van der Waals surface area contributed by atoms with Crippen molar-refractivity contribution < 1.29 is 14.9 Å². The molecule has 0 rings (SSSR count). The topological polar surface area (TPSA) is 52.9 Å². The summed E-state index contributed by atoms with van der Waals surface area (Å²) in [6, 6.07) is 0. The third-order valence-corrected chi connectivity index (χ3v) is 2.12. The van der Waals surface area contributed by atoms with Crippen LogP contribution in [0.2, 0.25) is 0 Å². The summed E-state index contributed by atoms with van der Waals surface area (Å²) < 4.78 is 5.19. The van der Waals surface area contributed by atoms with Gasteiger partial charge in [0.2, 0.25) is 0 Å². The molecule has 0 radical (unpaired) electrons. The van der Waals surface area contributed by atoms with E-state index in [4.69, 9.17) is 9.84 Å². The number of nitrogens with zero attached hydrogens (tertiary/aromatic N) is 1. The first-order chi connectivity index (χ1) is 6.74. The van der Waals surface area contributed by atoms with Gasteiger partial charge in [0.25, 0.3) is 0 Å². The second-order valence-corrected chi connectivity index (χ2v) is 3.29. The zero-order valence-corrected chi connectivity index (χ0v) is 9.28. The van der Waals surface area contributed by atoms with Gasteiger partial charge in [0, 0.05) is 19.8 Å². The Morgan fingerprint density at radius 3 is 2.43 bits per heavy atom. The van der Waals surface area contributed by atoms with Crippen LogP contribution >= 0.6 is 0 Å². The van der Waals surface area contributed by atoms with E-state index in [1.807, 2.05) is 0 Å². The van der Waals surface area contributed by atoms with Gasteiger partial charge in [-0.05, 0) is 19.5 Å². The van der Waals surface area contributed by atoms with Crippen molar-refractivity contribution >= 4 is 0 Å². The Morgan fingerprint density at radius 2 is 1.93 bits per heavy atom. The van der Waals surface area contributed by atoms with Crippen molar-refractivity contribution in [1.82, 2.24) is 4.90 Å². The fourth-order valence-electron chi connectivity index (χ4n) is 1.22. The predicted molar refractivity (Wildman–Crippen MR) is 56.3 cm³/mol. The fraction of sp³-hybridized carbons (Fsp3) is 1.00. The molecule has 0 aromatic carbocycles. The van der Waals surface area contributed by atoms with E-state index in [0.717, 1.165) is 13.1 Å². The molecular weight excluding hydrogens is 182 g/mol. The zero-order valence-electron chi connectivity index (χ0n) is 9.28. The van der Waals surface area contributed by atoms with Crippen LogP contribution in [0.1, 0.15) is 20.3 Å². The van der Waals surface area contributed by atoms with Crippen LogP contribution in [0.15, 0.2) is 0 Å². The molecule has 0 amide bonds. The Hall–Kier alpha value is -0.160. The molecule has 0 heterocycles. The third kappa shape index (κ3) is 7.26. The second-order valence-electron chi connectivity index (χ2n) is 3.29. The van der Waals surface area contributed by atoms with E-state index in [1.165, 1.54) is 0 Å². The highest BCUT2D eigenvalue weighted by Gasteiger charge is 2.08. The minimum atomic E-state index is -0.423. The van der Waals surface area contributed by atoms with Crippen molar-refractivity contribution in [2.24, 2.45) is 0 Å².